The quantitative estimate of drug-likeness (QED) is 0.502. The maximum atomic E-state index is 12.0. The number of amides is 2. The lowest BCUT2D eigenvalue weighted by molar-refractivity contribution is 0.0651. The minimum absolute atomic E-state index is 0.00891. The highest BCUT2D eigenvalue weighted by Crippen LogP contribution is 2.24. The third-order valence-corrected chi connectivity index (χ3v) is 2.92. The van der Waals surface area contributed by atoms with E-state index in [0.717, 1.165) is 4.90 Å². The van der Waals surface area contributed by atoms with E-state index >= 15 is 0 Å². The van der Waals surface area contributed by atoms with E-state index in [9.17, 15) is 14.4 Å². The molecule has 0 atom stereocenters. The molecule has 0 radical (unpaired) electrons. The fourth-order valence-corrected chi connectivity index (χ4v) is 1.97. The number of aromatic carboxylic acids is 1. The number of hydrogen-bond donors (Lipinski definition) is 1. The highest BCUT2D eigenvalue weighted by Gasteiger charge is 2.35. The van der Waals surface area contributed by atoms with Crippen LogP contribution in [0.5, 0.6) is 0 Å². The fraction of sp³-hybridized carbons (Fsp3) is 0.214. The molecular formula is C14H11NO4. The van der Waals surface area contributed by atoms with Crippen LogP contribution in [0.3, 0.4) is 0 Å². The average molecular weight is 257 g/mol. The predicted molar refractivity (Wildman–Crippen MR) is 66.8 cm³/mol. The van der Waals surface area contributed by atoms with Gasteiger partial charge in [-0.1, -0.05) is 0 Å². The maximum Gasteiger partial charge on any atom is 0.335 e. The normalized spacial score (nSPS) is 13.3. The first kappa shape index (κ1) is 12.8. The van der Waals surface area contributed by atoms with Gasteiger partial charge in [-0.05, 0) is 24.6 Å². The number of terminal acetylenes is 1. The number of carbonyl (C=O) groups is 3. The van der Waals surface area contributed by atoms with Crippen molar-refractivity contribution in [2.75, 3.05) is 6.54 Å². The first-order valence-corrected chi connectivity index (χ1v) is 5.73. The van der Waals surface area contributed by atoms with Crippen LogP contribution in [0.25, 0.3) is 0 Å². The monoisotopic (exact) mass is 257 g/mol. The second-order valence-corrected chi connectivity index (χ2v) is 4.14. The highest BCUT2D eigenvalue weighted by atomic mass is 16.4. The smallest absolute Gasteiger partial charge is 0.335 e. The van der Waals surface area contributed by atoms with Gasteiger partial charge in [-0.3, -0.25) is 14.5 Å². The van der Waals surface area contributed by atoms with E-state index in [0.29, 0.717) is 12.8 Å². The van der Waals surface area contributed by atoms with Crippen molar-refractivity contribution in [3.8, 4) is 12.3 Å². The topological polar surface area (TPSA) is 74.7 Å². The molecule has 5 heteroatoms. The Balaban J connectivity index is 2.29. The Hall–Kier alpha value is -2.61. The zero-order valence-electron chi connectivity index (χ0n) is 10.0. The van der Waals surface area contributed by atoms with Crippen molar-refractivity contribution in [2.24, 2.45) is 0 Å². The summed E-state index contributed by atoms with van der Waals surface area (Å²) in [6.07, 6.45) is 6.13. The van der Waals surface area contributed by atoms with Crippen LogP contribution in [0.1, 0.15) is 43.9 Å². The van der Waals surface area contributed by atoms with E-state index in [1.54, 1.807) is 0 Å². The first-order chi connectivity index (χ1) is 9.06. The van der Waals surface area contributed by atoms with E-state index < -0.39 is 17.8 Å². The molecule has 96 valence electrons. The maximum absolute atomic E-state index is 12.0. The Bertz CT molecular complexity index is 612. The minimum Gasteiger partial charge on any atom is -0.478 e. The molecule has 0 saturated heterocycles. The Morgan fingerprint density at radius 1 is 1.26 bits per heavy atom. The third-order valence-electron chi connectivity index (χ3n) is 2.92. The third kappa shape index (κ3) is 2.20. The van der Waals surface area contributed by atoms with Crippen molar-refractivity contribution in [1.29, 1.82) is 0 Å². The second-order valence-electron chi connectivity index (χ2n) is 4.14. The van der Waals surface area contributed by atoms with Gasteiger partial charge in [-0.2, -0.15) is 0 Å². The van der Waals surface area contributed by atoms with Crippen LogP contribution in [-0.2, 0) is 0 Å². The standard InChI is InChI=1S/C14H11NO4/c1-2-3-4-7-15-12(16)10-6-5-9(14(18)19)8-11(10)13(15)17/h1,5-6,8H,3-4,7H2,(H,18,19). The number of carboxylic acid groups (broad SMARTS) is 1. The number of benzene rings is 1. The summed E-state index contributed by atoms with van der Waals surface area (Å²) in [7, 11) is 0. The van der Waals surface area contributed by atoms with Crippen LogP contribution in [0, 0.1) is 12.3 Å². The number of hydrogen-bond acceptors (Lipinski definition) is 3. The van der Waals surface area contributed by atoms with Gasteiger partial charge in [0.2, 0.25) is 0 Å². The fourth-order valence-electron chi connectivity index (χ4n) is 1.97. The van der Waals surface area contributed by atoms with E-state index in [2.05, 4.69) is 5.92 Å². The molecule has 2 rings (SSSR count). The summed E-state index contributed by atoms with van der Waals surface area (Å²) in [6.45, 7) is 0.249. The number of fused-ring (bicyclic) bond motifs is 1. The number of unbranched alkanes of at least 4 members (excludes halogenated alkanes) is 1. The molecule has 0 saturated carbocycles. The van der Waals surface area contributed by atoms with Gasteiger partial charge in [0.15, 0.2) is 0 Å². The zero-order chi connectivity index (χ0) is 14.0. The number of nitrogens with zero attached hydrogens (tertiary/aromatic N) is 1. The van der Waals surface area contributed by atoms with Gasteiger partial charge in [0, 0.05) is 13.0 Å². The van der Waals surface area contributed by atoms with E-state index in [-0.39, 0.29) is 23.2 Å². The van der Waals surface area contributed by atoms with Gasteiger partial charge in [0.1, 0.15) is 0 Å². The summed E-state index contributed by atoms with van der Waals surface area (Å²) in [5.41, 5.74) is 0.381. The van der Waals surface area contributed by atoms with Crippen LogP contribution in [0.15, 0.2) is 18.2 Å². The van der Waals surface area contributed by atoms with Gasteiger partial charge in [0.05, 0.1) is 16.7 Å². The van der Waals surface area contributed by atoms with Gasteiger partial charge in [0.25, 0.3) is 11.8 Å². The molecule has 1 aliphatic heterocycles. The Labute approximate surface area is 109 Å². The molecule has 1 N–H and O–H groups in total. The Morgan fingerprint density at radius 3 is 2.58 bits per heavy atom. The summed E-state index contributed by atoms with van der Waals surface area (Å²) in [5, 5.41) is 8.88. The molecule has 19 heavy (non-hydrogen) atoms. The summed E-state index contributed by atoms with van der Waals surface area (Å²) in [5.74, 6) is 0.456. The SMILES string of the molecule is C#CCCCN1C(=O)c2ccc(C(=O)O)cc2C1=O. The molecule has 1 aliphatic rings. The van der Waals surface area contributed by atoms with Crippen molar-refractivity contribution in [3.05, 3.63) is 34.9 Å². The molecule has 5 nitrogen and oxygen atoms in total. The van der Waals surface area contributed by atoms with Gasteiger partial charge in [-0.15, -0.1) is 12.3 Å². The largest absolute Gasteiger partial charge is 0.478 e. The number of carboxylic acids is 1. The summed E-state index contributed by atoms with van der Waals surface area (Å²) < 4.78 is 0. The van der Waals surface area contributed by atoms with E-state index in [1.165, 1.54) is 18.2 Å². The first-order valence-electron chi connectivity index (χ1n) is 5.73. The minimum atomic E-state index is -1.13. The van der Waals surface area contributed by atoms with Crippen molar-refractivity contribution >= 4 is 17.8 Å². The molecule has 0 aromatic heterocycles. The lowest BCUT2D eigenvalue weighted by atomic mass is 10.1. The summed E-state index contributed by atoms with van der Waals surface area (Å²) in [4.78, 5) is 36.0. The van der Waals surface area contributed by atoms with E-state index in [1.807, 2.05) is 0 Å². The van der Waals surface area contributed by atoms with Crippen LogP contribution in [0.2, 0.25) is 0 Å². The van der Waals surface area contributed by atoms with Crippen molar-refractivity contribution in [1.82, 2.24) is 4.90 Å². The number of carbonyl (C=O) groups excluding carboxylic acids is 2. The molecule has 0 aliphatic carbocycles. The highest BCUT2D eigenvalue weighted by molar-refractivity contribution is 6.21. The van der Waals surface area contributed by atoms with E-state index in [4.69, 9.17) is 11.5 Å². The van der Waals surface area contributed by atoms with Crippen molar-refractivity contribution in [3.63, 3.8) is 0 Å². The second kappa shape index (κ2) is 4.94. The van der Waals surface area contributed by atoms with Crippen molar-refractivity contribution in [2.45, 2.75) is 12.8 Å². The molecule has 0 unspecified atom stereocenters. The molecule has 0 fully saturated rings. The predicted octanol–water partition coefficient (Wildman–Crippen LogP) is 1.39. The molecule has 1 aromatic rings. The van der Waals surface area contributed by atoms with Crippen LogP contribution in [-0.4, -0.2) is 34.3 Å². The Kier molecular flexibility index (Phi) is 3.34. The molecule has 1 heterocycles. The molecule has 2 amide bonds. The number of rotatable bonds is 4. The summed E-state index contributed by atoms with van der Waals surface area (Å²) in [6, 6.07) is 3.93. The van der Waals surface area contributed by atoms with Crippen LogP contribution >= 0.6 is 0 Å². The van der Waals surface area contributed by atoms with Gasteiger partial charge < -0.3 is 5.11 Å². The average Bonchev–Trinajstić information content (AvgIpc) is 2.63. The lowest BCUT2D eigenvalue weighted by Crippen LogP contribution is -2.30. The lowest BCUT2D eigenvalue weighted by Gasteiger charge is -2.12. The molecule has 1 aromatic carbocycles. The summed E-state index contributed by atoms with van der Waals surface area (Å²) >= 11 is 0. The van der Waals surface area contributed by atoms with Crippen LogP contribution in [0.4, 0.5) is 0 Å². The molecule has 0 spiro atoms. The zero-order valence-corrected chi connectivity index (χ0v) is 10.0. The van der Waals surface area contributed by atoms with Gasteiger partial charge >= 0.3 is 5.97 Å². The Morgan fingerprint density at radius 2 is 1.95 bits per heavy atom. The molecular weight excluding hydrogens is 246 g/mol. The van der Waals surface area contributed by atoms with Gasteiger partial charge in [-0.25, -0.2) is 4.79 Å². The van der Waals surface area contributed by atoms with Crippen molar-refractivity contribution < 1.29 is 19.5 Å². The number of imide groups is 1. The van der Waals surface area contributed by atoms with Crippen LogP contribution < -0.4 is 0 Å². The molecule has 0 bridgehead atoms.